The summed E-state index contributed by atoms with van der Waals surface area (Å²) in [6.07, 6.45) is 4.80. The van der Waals surface area contributed by atoms with Gasteiger partial charge >= 0.3 is 5.97 Å². The van der Waals surface area contributed by atoms with Crippen LogP contribution in [0.25, 0.3) is 17.1 Å². The first kappa shape index (κ1) is 19.9. The van der Waals surface area contributed by atoms with Crippen molar-refractivity contribution in [2.75, 3.05) is 11.9 Å². The highest BCUT2D eigenvalue weighted by atomic mass is 16.5. The summed E-state index contributed by atoms with van der Waals surface area (Å²) in [5.41, 5.74) is 2.84. The molecule has 1 aromatic carbocycles. The van der Waals surface area contributed by atoms with Crippen LogP contribution in [0.3, 0.4) is 0 Å². The lowest BCUT2D eigenvalue weighted by atomic mass is 10.1. The lowest BCUT2D eigenvalue weighted by Crippen LogP contribution is -2.12. The molecule has 1 aliphatic rings. The molecule has 154 valence electrons. The molecule has 0 atom stereocenters. The van der Waals surface area contributed by atoms with Gasteiger partial charge in [-0.25, -0.2) is 9.78 Å². The summed E-state index contributed by atoms with van der Waals surface area (Å²) < 4.78 is 5.63. The molecule has 0 radical (unpaired) electrons. The van der Waals surface area contributed by atoms with Crippen LogP contribution in [0.1, 0.15) is 16.7 Å². The summed E-state index contributed by atoms with van der Waals surface area (Å²) in [4.78, 5) is 31.7. The van der Waals surface area contributed by atoms with Gasteiger partial charge in [-0.05, 0) is 48.9 Å². The Bertz CT molecular complexity index is 1340. The van der Waals surface area contributed by atoms with Crippen molar-refractivity contribution in [2.45, 2.75) is 6.92 Å². The number of pyridine rings is 1. The van der Waals surface area contributed by atoms with E-state index in [1.807, 2.05) is 6.07 Å². The number of nitrogens with zero attached hydrogens (tertiary/aromatic N) is 1. The highest BCUT2D eigenvalue weighted by molar-refractivity contribution is 6.26. The van der Waals surface area contributed by atoms with Crippen molar-refractivity contribution in [1.29, 1.82) is 0 Å². The number of hydrogen-bond donors (Lipinski definition) is 4. The Balaban J connectivity index is 1.66. The third-order valence-corrected chi connectivity index (χ3v) is 4.66. The molecule has 0 spiro atoms. The van der Waals surface area contributed by atoms with E-state index in [1.165, 1.54) is 6.08 Å². The number of anilines is 1. The molecule has 3 aromatic rings. The fourth-order valence-corrected chi connectivity index (χ4v) is 3.19. The number of Topliss-reactive ketones (excluding diaryl/α,β-unsaturated/α-hetero) is 1. The number of aromatic amines is 1. The Labute approximate surface area is 176 Å². The van der Waals surface area contributed by atoms with E-state index in [2.05, 4.69) is 27.1 Å². The number of aryl methyl sites for hydroxylation is 1. The van der Waals surface area contributed by atoms with Crippen LogP contribution in [0.15, 0.2) is 59.9 Å². The quantitative estimate of drug-likeness (QED) is 0.293. The van der Waals surface area contributed by atoms with Gasteiger partial charge < -0.3 is 25.3 Å². The zero-order valence-electron chi connectivity index (χ0n) is 16.4. The molecule has 0 fully saturated rings. The van der Waals surface area contributed by atoms with Gasteiger partial charge in [0, 0.05) is 34.6 Å². The fourth-order valence-electron chi connectivity index (χ4n) is 3.19. The molecule has 8 heteroatoms. The number of carboxylic acids is 1. The second kappa shape index (κ2) is 8.18. The second-order valence-electron chi connectivity index (χ2n) is 6.71. The van der Waals surface area contributed by atoms with E-state index in [0.29, 0.717) is 22.5 Å². The topological polar surface area (TPSA) is 125 Å². The maximum atomic E-state index is 12.7. The molecule has 4 rings (SSSR count). The van der Waals surface area contributed by atoms with Gasteiger partial charge in [-0.15, -0.1) is 0 Å². The third-order valence-electron chi connectivity index (χ3n) is 4.66. The molecule has 8 nitrogen and oxygen atoms in total. The largest absolute Gasteiger partial charge is 0.477 e. The van der Waals surface area contributed by atoms with Crippen LogP contribution >= 0.6 is 0 Å². The molecule has 0 amide bonds. The third kappa shape index (κ3) is 3.90. The number of carboxylic acid groups (broad SMARTS) is 1. The number of carbonyl (C=O) groups excluding carboxylic acids is 1. The number of ketones is 1. The zero-order chi connectivity index (χ0) is 22.0. The first-order valence-corrected chi connectivity index (χ1v) is 9.29. The number of fused-ring (bicyclic) bond motifs is 1. The van der Waals surface area contributed by atoms with Gasteiger partial charge in [0.2, 0.25) is 11.7 Å². The van der Waals surface area contributed by atoms with E-state index in [1.54, 1.807) is 43.6 Å². The molecule has 0 saturated heterocycles. The maximum absolute atomic E-state index is 12.7. The summed E-state index contributed by atoms with van der Waals surface area (Å²) in [6.45, 7) is 1.56. The summed E-state index contributed by atoms with van der Waals surface area (Å²) in [7, 11) is 0. The average Bonchev–Trinajstić information content (AvgIpc) is 3.29. The molecular formula is C23H17N3O5. The number of H-pyrrole nitrogens is 1. The van der Waals surface area contributed by atoms with Crippen LogP contribution in [-0.4, -0.2) is 38.5 Å². The number of rotatable bonds is 4. The lowest BCUT2D eigenvalue weighted by molar-refractivity contribution is -0.134. The molecule has 31 heavy (non-hydrogen) atoms. The predicted octanol–water partition coefficient (Wildman–Crippen LogP) is 2.56. The monoisotopic (exact) mass is 415 g/mol. The van der Waals surface area contributed by atoms with Crippen molar-refractivity contribution >= 4 is 34.5 Å². The highest BCUT2D eigenvalue weighted by Crippen LogP contribution is 2.30. The average molecular weight is 415 g/mol. The number of allylic oxidation sites excluding steroid dienone is 1. The predicted molar refractivity (Wildman–Crippen MR) is 114 cm³/mol. The van der Waals surface area contributed by atoms with Crippen molar-refractivity contribution in [3.05, 3.63) is 76.6 Å². The van der Waals surface area contributed by atoms with E-state index in [-0.39, 0.29) is 18.2 Å². The van der Waals surface area contributed by atoms with E-state index in [9.17, 15) is 14.7 Å². The van der Waals surface area contributed by atoms with E-state index >= 15 is 0 Å². The van der Waals surface area contributed by atoms with Crippen LogP contribution in [-0.2, 0) is 14.3 Å². The molecule has 3 heterocycles. The molecule has 0 aliphatic carbocycles. The smallest absolute Gasteiger partial charge is 0.345 e. The molecule has 4 N–H and O–H groups in total. The van der Waals surface area contributed by atoms with Crippen molar-refractivity contribution in [1.82, 2.24) is 9.97 Å². The molecular weight excluding hydrogens is 398 g/mol. The number of nitrogens with one attached hydrogen (secondary N) is 2. The highest BCUT2D eigenvalue weighted by Gasteiger charge is 2.36. The number of hydrogen-bond acceptors (Lipinski definition) is 6. The number of ether oxygens (including phenoxy) is 1. The number of carbonyl (C=O) groups is 2. The molecule has 0 bridgehead atoms. The first-order chi connectivity index (χ1) is 15.0. The SMILES string of the molecule is Cc1cc(C#CCO)ccc1NC1=C(C(=O)O)C(=O)/C(=C/c2c[nH]c3ncccc23)O1. The Morgan fingerprint density at radius 3 is 2.94 bits per heavy atom. The molecule has 0 unspecified atom stereocenters. The van der Waals surface area contributed by atoms with Gasteiger partial charge in [-0.1, -0.05) is 11.8 Å². The summed E-state index contributed by atoms with van der Waals surface area (Å²) in [5, 5.41) is 22.1. The number of aliphatic carboxylic acids is 1. The Morgan fingerprint density at radius 2 is 2.19 bits per heavy atom. The van der Waals surface area contributed by atoms with Crippen LogP contribution in [0.5, 0.6) is 0 Å². The summed E-state index contributed by atoms with van der Waals surface area (Å²) >= 11 is 0. The number of aromatic nitrogens is 2. The van der Waals surface area contributed by atoms with Gasteiger partial charge in [-0.2, -0.15) is 0 Å². The molecule has 2 aromatic heterocycles. The number of aliphatic hydroxyl groups is 1. The minimum absolute atomic E-state index is 0.104. The Kier molecular flexibility index (Phi) is 5.26. The van der Waals surface area contributed by atoms with Crippen LogP contribution in [0.2, 0.25) is 0 Å². The van der Waals surface area contributed by atoms with Crippen LogP contribution < -0.4 is 5.32 Å². The van der Waals surface area contributed by atoms with Gasteiger partial charge in [-0.3, -0.25) is 4.79 Å². The minimum atomic E-state index is -1.39. The van der Waals surface area contributed by atoms with E-state index < -0.39 is 17.3 Å². The van der Waals surface area contributed by atoms with Crippen LogP contribution in [0, 0.1) is 18.8 Å². The van der Waals surface area contributed by atoms with Gasteiger partial charge in [0.1, 0.15) is 12.3 Å². The van der Waals surface area contributed by atoms with E-state index in [4.69, 9.17) is 9.84 Å². The fraction of sp³-hybridized carbons (Fsp3) is 0.0870. The minimum Gasteiger partial charge on any atom is -0.477 e. The summed E-state index contributed by atoms with van der Waals surface area (Å²) in [5.74, 6) is 2.99. The molecule has 1 aliphatic heterocycles. The Hall–Kier alpha value is -4.35. The normalized spacial score (nSPS) is 14.5. The van der Waals surface area contributed by atoms with Gasteiger partial charge in [0.25, 0.3) is 0 Å². The first-order valence-electron chi connectivity index (χ1n) is 9.29. The maximum Gasteiger partial charge on any atom is 0.345 e. The van der Waals surface area contributed by atoms with Crippen molar-refractivity contribution in [3.8, 4) is 11.8 Å². The standard InChI is InChI=1S/C23H17N3O5/c1-13-10-14(4-3-9-27)6-7-17(13)26-22-19(23(29)30)20(28)18(31-22)11-15-12-25-21-16(15)5-2-8-24-21/h2,5-8,10-12,26-27H,9H2,1H3,(H,24,25)(H,29,30)/b18-11-. The van der Waals surface area contributed by atoms with Crippen molar-refractivity contribution in [3.63, 3.8) is 0 Å². The van der Waals surface area contributed by atoms with Crippen molar-refractivity contribution < 1.29 is 24.5 Å². The van der Waals surface area contributed by atoms with Crippen molar-refractivity contribution in [2.24, 2.45) is 0 Å². The van der Waals surface area contributed by atoms with E-state index in [0.717, 1.165) is 10.9 Å². The summed E-state index contributed by atoms with van der Waals surface area (Å²) in [6, 6.07) is 8.79. The zero-order valence-corrected chi connectivity index (χ0v) is 16.4. The second-order valence-corrected chi connectivity index (χ2v) is 6.71. The van der Waals surface area contributed by atoms with Gasteiger partial charge in [0.15, 0.2) is 11.3 Å². The Morgan fingerprint density at radius 1 is 1.35 bits per heavy atom. The molecule has 0 saturated carbocycles. The van der Waals surface area contributed by atoms with Gasteiger partial charge in [0.05, 0.1) is 0 Å². The number of benzene rings is 1. The van der Waals surface area contributed by atoms with Crippen LogP contribution in [0.4, 0.5) is 5.69 Å². The lowest BCUT2D eigenvalue weighted by Gasteiger charge is -2.11. The number of aliphatic hydroxyl groups excluding tert-OH is 1.